The van der Waals surface area contributed by atoms with Gasteiger partial charge in [0.05, 0.1) is 11.0 Å². The third-order valence-electron chi connectivity index (χ3n) is 4.67. The molecule has 3 rings (SSSR count). The molecule has 0 amide bonds. The molecule has 1 aliphatic carbocycles. The van der Waals surface area contributed by atoms with Gasteiger partial charge in [-0.1, -0.05) is 44.7 Å². The molecule has 1 aliphatic rings. The number of hydrogen-bond donors (Lipinski definition) is 1. The van der Waals surface area contributed by atoms with Crippen LogP contribution in [0.25, 0.3) is 11.0 Å². The van der Waals surface area contributed by atoms with E-state index in [-0.39, 0.29) is 0 Å². The average Bonchev–Trinajstić information content (AvgIpc) is 2.69. The summed E-state index contributed by atoms with van der Waals surface area (Å²) in [6.07, 6.45) is 9.33. The summed E-state index contributed by atoms with van der Waals surface area (Å²) in [5.74, 6) is 1.21. The van der Waals surface area contributed by atoms with E-state index >= 15 is 0 Å². The van der Waals surface area contributed by atoms with Gasteiger partial charge in [-0.2, -0.15) is 0 Å². The summed E-state index contributed by atoms with van der Waals surface area (Å²) in [7, 11) is 0. The highest BCUT2D eigenvalue weighted by atomic mass is 15.1. The standard InChI is InChI=1S/C18H27N3/c1-2-18-20-16-11-7-8-12-17(16)21(18)14-13-19-15-9-5-3-4-6-10-15/h7-8,11-12,15,19H,2-6,9-10,13-14H2,1H3. The fourth-order valence-electron chi connectivity index (χ4n) is 3.51. The van der Waals surface area contributed by atoms with Crippen molar-refractivity contribution >= 4 is 11.0 Å². The van der Waals surface area contributed by atoms with Crippen LogP contribution >= 0.6 is 0 Å². The predicted molar refractivity (Wildman–Crippen MR) is 88.6 cm³/mol. The van der Waals surface area contributed by atoms with Crippen molar-refractivity contribution in [3.63, 3.8) is 0 Å². The first-order valence-electron chi connectivity index (χ1n) is 8.56. The maximum Gasteiger partial charge on any atom is 0.109 e. The molecule has 0 aliphatic heterocycles. The summed E-state index contributed by atoms with van der Waals surface area (Å²) in [4.78, 5) is 4.75. The van der Waals surface area contributed by atoms with E-state index in [0.29, 0.717) is 0 Å². The van der Waals surface area contributed by atoms with Gasteiger partial charge in [-0.15, -0.1) is 0 Å². The number of imidazole rings is 1. The van der Waals surface area contributed by atoms with Crippen molar-refractivity contribution in [3.8, 4) is 0 Å². The van der Waals surface area contributed by atoms with Crippen LogP contribution in [0.4, 0.5) is 0 Å². The van der Waals surface area contributed by atoms with E-state index in [9.17, 15) is 0 Å². The lowest BCUT2D eigenvalue weighted by atomic mass is 10.1. The fraction of sp³-hybridized carbons (Fsp3) is 0.611. The molecule has 0 atom stereocenters. The van der Waals surface area contributed by atoms with Crippen molar-refractivity contribution in [1.82, 2.24) is 14.9 Å². The van der Waals surface area contributed by atoms with Gasteiger partial charge in [-0.05, 0) is 25.0 Å². The quantitative estimate of drug-likeness (QED) is 0.844. The topological polar surface area (TPSA) is 29.9 Å². The molecular formula is C18H27N3. The zero-order valence-corrected chi connectivity index (χ0v) is 13.1. The number of nitrogens with one attached hydrogen (secondary N) is 1. The Bertz CT molecular complexity index is 565. The van der Waals surface area contributed by atoms with Crippen LogP contribution in [0.2, 0.25) is 0 Å². The Morgan fingerprint density at radius 1 is 1.14 bits per heavy atom. The minimum Gasteiger partial charge on any atom is -0.327 e. The molecule has 0 bridgehead atoms. The Morgan fingerprint density at radius 3 is 2.67 bits per heavy atom. The summed E-state index contributed by atoms with van der Waals surface area (Å²) < 4.78 is 2.39. The first kappa shape index (κ1) is 14.6. The molecule has 1 saturated carbocycles. The number of nitrogens with zero attached hydrogens (tertiary/aromatic N) is 2. The molecule has 1 aromatic carbocycles. The lowest BCUT2D eigenvalue weighted by molar-refractivity contribution is 0.445. The molecular weight excluding hydrogens is 258 g/mol. The number of aryl methyl sites for hydroxylation is 1. The second-order valence-electron chi connectivity index (χ2n) is 6.16. The minimum atomic E-state index is 0.729. The lowest BCUT2D eigenvalue weighted by Crippen LogP contribution is -2.31. The van der Waals surface area contributed by atoms with Crippen molar-refractivity contribution in [1.29, 1.82) is 0 Å². The van der Waals surface area contributed by atoms with E-state index < -0.39 is 0 Å². The number of aromatic nitrogens is 2. The number of hydrogen-bond acceptors (Lipinski definition) is 2. The highest BCUT2D eigenvalue weighted by molar-refractivity contribution is 5.75. The maximum absolute atomic E-state index is 4.75. The van der Waals surface area contributed by atoms with E-state index in [0.717, 1.165) is 31.1 Å². The molecule has 1 heterocycles. The van der Waals surface area contributed by atoms with Gasteiger partial charge in [0.2, 0.25) is 0 Å². The number of rotatable bonds is 5. The molecule has 0 radical (unpaired) electrons. The third-order valence-corrected chi connectivity index (χ3v) is 4.67. The number of benzene rings is 1. The van der Waals surface area contributed by atoms with Crippen molar-refractivity contribution in [2.45, 2.75) is 64.5 Å². The van der Waals surface area contributed by atoms with E-state index in [1.54, 1.807) is 0 Å². The largest absolute Gasteiger partial charge is 0.327 e. The van der Waals surface area contributed by atoms with Gasteiger partial charge in [-0.3, -0.25) is 0 Å². The normalized spacial score (nSPS) is 17.2. The van der Waals surface area contributed by atoms with Crippen molar-refractivity contribution < 1.29 is 0 Å². The smallest absolute Gasteiger partial charge is 0.109 e. The molecule has 3 heteroatoms. The van der Waals surface area contributed by atoms with Gasteiger partial charge in [0.1, 0.15) is 5.82 Å². The molecule has 3 nitrogen and oxygen atoms in total. The minimum absolute atomic E-state index is 0.729. The monoisotopic (exact) mass is 285 g/mol. The summed E-state index contributed by atoms with van der Waals surface area (Å²) >= 11 is 0. The zero-order valence-electron chi connectivity index (χ0n) is 13.1. The molecule has 1 N–H and O–H groups in total. The molecule has 2 aromatic rings. The van der Waals surface area contributed by atoms with Gasteiger partial charge in [0.15, 0.2) is 0 Å². The highest BCUT2D eigenvalue weighted by Gasteiger charge is 2.12. The zero-order chi connectivity index (χ0) is 14.5. The maximum atomic E-state index is 4.75. The van der Waals surface area contributed by atoms with Crippen LogP contribution in [0.15, 0.2) is 24.3 Å². The van der Waals surface area contributed by atoms with Crippen LogP contribution in [0.5, 0.6) is 0 Å². The van der Waals surface area contributed by atoms with Gasteiger partial charge >= 0.3 is 0 Å². The summed E-state index contributed by atoms with van der Waals surface area (Å²) in [6.45, 7) is 4.27. The van der Waals surface area contributed by atoms with Gasteiger partial charge in [0, 0.05) is 25.6 Å². The Morgan fingerprint density at radius 2 is 1.90 bits per heavy atom. The Balaban J connectivity index is 1.64. The van der Waals surface area contributed by atoms with Crippen molar-refractivity contribution in [3.05, 3.63) is 30.1 Å². The first-order chi connectivity index (χ1) is 10.4. The molecule has 21 heavy (non-hydrogen) atoms. The van der Waals surface area contributed by atoms with E-state index in [1.807, 2.05) is 0 Å². The van der Waals surface area contributed by atoms with E-state index in [1.165, 1.54) is 49.9 Å². The first-order valence-corrected chi connectivity index (χ1v) is 8.56. The van der Waals surface area contributed by atoms with Gasteiger partial charge in [0.25, 0.3) is 0 Å². The van der Waals surface area contributed by atoms with Crippen LogP contribution in [-0.2, 0) is 13.0 Å². The highest BCUT2D eigenvalue weighted by Crippen LogP contribution is 2.18. The molecule has 0 unspecified atom stereocenters. The van der Waals surface area contributed by atoms with Crippen molar-refractivity contribution in [2.24, 2.45) is 0 Å². The molecule has 1 fully saturated rings. The van der Waals surface area contributed by atoms with Crippen LogP contribution in [-0.4, -0.2) is 22.1 Å². The Labute approximate surface area is 127 Å². The summed E-state index contributed by atoms with van der Waals surface area (Å²) in [6, 6.07) is 9.21. The van der Waals surface area contributed by atoms with Crippen LogP contribution in [0.1, 0.15) is 51.3 Å². The SMILES string of the molecule is CCc1nc2ccccc2n1CCNC1CCCCCC1. The van der Waals surface area contributed by atoms with Crippen LogP contribution in [0, 0.1) is 0 Å². The Kier molecular flexibility index (Phi) is 4.91. The lowest BCUT2D eigenvalue weighted by Gasteiger charge is -2.17. The van der Waals surface area contributed by atoms with Gasteiger partial charge < -0.3 is 9.88 Å². The number of para-hydroxylation sites is 2. The Hall–Kier alpha value is -1.35. The van der Waals surface area contributed by atoms with E-state index in [2.05, 4.69) is 41.1 Å². The second kappa shape index (κ2) is 7.08. The predicted octanol–water partition coefficient (Wildman–Crippen LogP) is 3.91. The molecule has 0 saturated heterocycles. The molecule has 0 spiro atoms. The summed E-state index contributed by atoms with van der Waals surface area (Å²) in [5, 5.41) is 3.77. The molecule has 114 valence electrons. The number of fused-ring (bicyclic) bond motifs is 1. The second-order valence-corrected chi connectivity index (χ2v) is 6.16. The third kappa shape index (κ3) is 3.46. The van der Waals surface area contributed by atoms with Gasteiger partial charge in [-0.25, -0.2) is 4.98 Å². The average molecular weight is 285 g/mol. The van der Waals surface area contributed by atoms with Crippen LogP contribution in [0.3, 0.4) is 0 Å². The summed E-state index contributed by atoms with van der Waals surface area (Å²) in [5.41, 5.74) is 2.40. The van der Waals surface area contributed by atoms with E-state index in [4.69, 9.17) is 4.98 Å². The molecule has 1 aromatic heterocycles. The fourth-order valence-corrected chi connectivity index (χ4v) is 3.51. The van der Waals surface area contributed by atoms with Crippen molar-refractivity contribution in [2.75, 3.05) is 6.54 Å². The van der Waals surface area contributed by atoms with Crippen LogP contribution < -0.4 is 5.32 Å².